The number of aromatic nitrogens is 2. The third-order valence-corrected chi connectivity index (χ3v) is 7.04. The molecule has 0 aliphatic carbocycles. The number of benzene rings is 2. The number of nitrogens with two attached hydrogens (primary N) is 2. The Labute approximate surface area is 214 Å². The number of sulfonamides is 1. The second-order valence-electron chi connectivity index (χ2n) is 9.10. The van der Waals surface area contributed by atoms with Crippen LogP contribution in [-0.2, 0) is 10.0 Å². The standard InChI is InChI=1S/C27H37N5O3S/c1-21-10-12-22(13-11-21)26-20-25(27(33)30-19-9-7-5-3-2-4-6-8-18-28)31-32(26)23-14-16-24(17-15-23)36(29,34)35/h10-17,20H,2-9,18-19,28H2,1H3,(H,30,33)(H2,29,34,35). The van der Waals surface area contributed by atoms with Crippen molar-refractivity contribution in [1.29, 1.82) is 0 Å². The van der Waals surface area contributed by atoms with Gasteiger partial charge in [0.15, 0.2) is 5.69 Å². The lowest BCUT2D eigenvalue weighted by molar-refractivity contribution is 0.0947. The van der Waals surface area contributed by atoms with Gasteiger partial charge in [-0.1, -0.05) is 68.4 Å². The first-order valence-corrected chi connectivity index (χ1v) is 14.1. The van der Waals surface area contributed by atoms with Crippen molar-refractivity contribution in [2.75, 3.05) is 13.1 Å². The average molecular weight is 512 g/mol. The normalized spacial score (nSPS) is 11.5. The van der Waals surface area contributed by atoms with E-state index in [0.717, 1.165) is 42.6 Å². The van der Waals surface area contributed by atoms with Gasteiger partial charge in [-0.2, -0.15) is 5.10 Å². The number of nitrogens with one attached hydrogen (secondary N) is 1. The van der Waals surface area contributed by atoms with E-state index >= 15 is 0 Å². The zero-order valence-electron chi connectivity index (χ0n) is 20.9. The van der Waals surface area contributed by atoms with Crippen molar-refractivity contribution in [3.05, 3.63) is 65.9 Å². The number of amides is 1. The fourth-order valence-corrected chi connectivity index (χ4v) is 4.53. The van der Waals surface area contributed by atoms with Crippen LogP contribution >= 0.6 is 0 Å². The van der Waals surface area contributed by atoms with Crippen molar-refractivity contribution in [3.8, 4) is 16.9 Å². The van der Waals surface area contributed by atoms with Crippen molar-refractivity contribution >= 4 is 15.9 Å². The molecule has 5 N–H and O–H groups in total. The number of carbonyl (C=O) groups excluding carboxylic acids is 1. The molecule has 0 fully saturated rings. The quantitative estimate of drug-likeness (QED) is 0.277. The molecule has 1 heterocycles. The molecule has 9 heteroatoms. The minimum absolute atomic E-state index is 0.0174. The number of aryl methyl sites for hydroxylation is 1. The Bertz CT molecular complexity index is 1220. The summed E-state index contributed by atoms with van der Waals surface area (Å²) in [6, 6.07) is 15.8. The molecule has 0 spiro atoms. The Kier molecular flexibility index (Phi) is 10.2. The highest BCUT2D eigenvalue weighted by Gasteiger charge is 2.17. The van der Waals surface area contributed by atoms with Crippen LogP contribution in [0.2, 0.25) is 0 Å². The third-order valence-electron chi connectivity index (χ3n) is 6.12. The lowest BCUT2D eigenvalue weighted by Gasteiger charge is -2.08. The molecule has 3 rings (SSSR count). The van der Waals surface area contributed by atoms with Crippen LogP contribution < -0.4 is 16.2 Å². The molecule has 0 atom stereocenters. The maximum Gasteiger partial charge on any atom is 0.271 e. The highest BCUT2D eigenvalue weighted by atomic mass is 32.2. The van der Waals surface area contributed by atoms with Crippen LogP contribution in [0.25, 0.3) is 16.9 Å². The largest absolute Gasteiger partial charge is 0.351 e. The minimum atomic E-state index is -3.80. The molecule has 0 aliphatic rings. The van der Waals surface area contributed by atoms with Gasteiger partial charge in [-0.3, -0.25) is 4.79 Å². The van der Waals surface area contributed by atoms with Gasteiger partial charge in [0, 0.05) is 12.1 Å². The molecule has 0 saturated carbocycles. The van der Waals surface area contributed by atoms with Crippen molar-refractivity contribution in [2.45, 2.75) is 63.2 Å². The van der Waals surface area contributed by atoms with Crippen LogP contribution in [0.4, 0.5) is 0 Å². The molecule has 1 aromatic heterocycles. The Hall–Kier alpha value is -3.01. The molecule has 0 unspecified atom stereocenters. The molecule has 2 aromatic carbocycles. The predicted octanol–water partition coefficient (Wildman–Crippen LogP) is 4.30. The summed E-state index contributed by atoms with van der Waals surface area (Å²) >= 11 is 0. The predicted molar refractivity (Wildman–Crippen MR) is 143 cm³/mol. The van der Waals surface area contributed by atoms with Crippen LogP contribution in [-0.4, -0.2) is 37.2 Å². The topological polar surface area (TPSA) is 133 Å². The van der Waals surface area contributed by atoms with Crippen LogP contribution in [0.5, 0.6) is 0 Å². The van der Waals surface area contributed by atoms with Crippen molar-refractivity contribution in [3.63, 3.8) is 0 Å². The number of carbonyl (C=O) groups is 1. The zero-order valence-corrected chi connectivity index (χ0v) is 21.8. The summed E-state index contributed by atoms with van der Waals surface area (Å²) in [4.78, 5) is 12.9. The number of primary sulfonamides is 1. The summed E-state index contributed by atoms with van der Waals surface area (Å²) < 4.78 is 24.9. The van der Waals surface area contributed by atoms with E-state index < -0.39 is 10.0 Å². The van der Waals surface area contributed by atoms with Crippen molar-refractivity contribution in [2.24, 2.45) is 10.9 Å². The molecule has 3 aromatic rings. The number of hydrogen-bond donors (Lipinski definition) is 3. The summed E-state index contributed by atoms with van der Waals surface area (Å²) in [7, 11) is -3.80. The Morgan fingerprint density at radius 2 is 1.47 bits per heavy atom. The highest BCUT2D eigenvalue weighted by molar-refractivity contribution is 7.89. The number of nitrogens with zero attached hydrogens (tertiary/aromatic N) is 2. The number of rotatable bonds is 14. The molecule has 0 bridgehead atoms. The van der Waals surface area contributed by atoms with Gasteiger partial charge < -0.3 is 11.1 Å². The van der Waals surface area contributed by atoms with Crippen molar-refractivity contribution in [1.82, 2.24) is 15.1 Å². The Balaban J connectivity index is 1.66. The molecular weight excluding hydrogens is 474 g/mol. The van der Waals surface area contributed by atoms with E-state index in [1.54, 1.807) is 22.9 Å². The highest BCUT2D eigenvalue weighted by Crippen LogP contribution is 2.25. The molecule has 194 valence electrons. The smallest absolute Gasteiger partial charge is 0.271 e. The maximum absolute atomic E-state index is 12.9. The average Bonchev–Trinajstić information content (AvgIpc) is 3.31. The molecule has 8 nitrogen and oxygen atoms in total. The molecule has 0 saturated heterocycles. The van der Waals surface area contributed by atoms with Crippen LogP contribution in [0, 0.1) is 6.92 Å². The second kappa shape index (κ2) is 13.3. The lowest BCUT2D eigenvalue weighted by atomic mass is 10.1. The van der Waals surface area contributed by atoms with E-state index in [-0.39, 0.29) is 10.8 Å². The van der Waals surface area contributed by atoms with Gasteiger partial charge >= 0.3 is 0 Å². The van der Waals surface area contributed by atoms with Gasteiger partial charge in [-0.15, -0.1) is 0 Å². The summed E-state index contributed by atoms with van der Waals surface area (Å²) in [6.07, 6.45) is 9.18. The van der Waals surface area contributed by atoms with Gasteiger partial charge in [0.25, 0.3) is 5.91 Å². The molecule has 36 heavy (non-hydrogen) atoms. The third kappa shape index (κ3) is 8.01. The van der Waals surface area contributed by atoms with E-state index in [1.165, 1.54) is 44.2 Å². The first-order valence-electron chi connectivity index (χ1n) is 12.6. The monoisotopic (exact) mass is 511 g/mol. The first-order chi connectivity index (χ1) is 17.3. The van der Waals surface area contributed by atoms with Crippen molar-refractivity contribution < 1.29 is 13.2 Å². The lowest BCUT2D eigenvalue weighted by Crippen LogP contribution is -2.25. The molecular formula is C27H37N5O3S. The fourth-order valence-electron chi connectivity index (χ4n) is 4.02. The van der Waals surface area contributed by atoms with E-state index in [2.05, 4.69) is 10.4 Å². The van der Waals surface area contributed by atoms with Gasteiger partial charge in [0.1, 0.15) is 0 Å². The summed E-state index contributed by atoms with van der Waals surface area (Å²) in [5, 5.41) is 12.8. The minimum Gasteiger partial charge on any atom is -0.351 e. The number of unbranched alkanes of at least 4 members (excludes halogenated alkanes) is 7. The zero-order chi connectivity index (χ0) is 26.0. The fraction of sp³-hybridized carbons (Fsp3) is 0.407. The van der Waals surface area contributed by atoms with Gasteiger partial charge in [0.2, 0.25) is 10.0 Å². The van der Waals surface area contributed by atoms with Gasteiger partial charge in [-0.05, 0) is 56.6 Å². The summed E-state index contributed by atoms with van der Waals surface area (Å²) in [6.45, 7) is 3.38. The summed E-state index contributed by atoms with van der Waals surface area (Å²) in [5.41, 5.74) is 9.21. The first kappa shape index (κ1) is 27.6. The van der Waals surface area contributed by atoms with Crippen LogP contribution in [0.1, 0.15) is 67.4 Å². The SMILES string of the molecule is Cc1ccc(-c2cc(C(=O)NCCCCCCCCCCN)nn2-c2ccc(S(N)(=O)=O)cc2)cc1. The van der Waals surface area contributed by atoms with E-state index in [1.807, 2.05) is 31.2 Å². The van der Waals surface area contributed by atoms with Crippen LogP contribution in [0.3, 0.4) is 0 Å². The molecule has 0 aliphatic heterocycles. The molecule has 1 amide bonds. The van der Waals surface area contributed by atoms with Gasteiger partial charge in [0.05, 0.1) is 16.3 Å². The van der Waals surface area contributed by atoms with E-state index in [4.69, 9.17) is 10.9 Å². The summed E-state index contributed by atoms with van der Waals surface area (Å²) in [5.74, 6) is -0.231. The van der Waals surface area contributed by atoms with E-state index in [0.29, 0.717) is 17.9 Å². The molecule has 0 radical (unpaired) electrons. The Morgan fingerprint density at radius 1 is 0.889 bits per heavy atom. The van der Waals surface area contributed by atoms with E-state index in [9.17, 15) is 13.2 Å². The van der Waals surface area contributed by atoms with Gasteiger partial charge in [-0.25, -0.2) is 18.2 Å². The Morgan fingerprint density at radius 3 is 2.06 bits per heavy atom. The second-order valence-corrected chi connectivity index (χ2v) is 10.7. The maximum atomic E-state index is 12.9. The van der Waals surface area contributed by atoms with Crippen LogP contribution in [0.15, 0.2) is 59.5 Å². The number of hydrogen-bond acceptors (Lipinski definition) is 5.